The monoisotopic (exact) mass is 344 g/mol. The first-order valence-corrected chi connectivity index (χ1v) is 8.74. The highest BCUT2D eigenvalue weighted by Gasteiger charge is 2.50. The first-order valence-electron chi connectivity index (χ1n) is 7.92. The molecule has 1 amide bonds. The zero-order valence-corrected chi connectivity index (χ0v) is 14.7. The van der Waals surface area contributed by atoms with Crippen molar-refractivity contribution in [3.05, 3.63) is 40.9 Å². The molecule has 126 valence electrons. The van der Waals surface area contributed by atoms with Gasteiger partial charge in [-0.3, -0.25) is 9.59 Å². The topological polar surface area (TPSA) is 70.5 Å². The van der Waals surface area contributed by atoms with Crippen LogP contribution in [0.3, 0.4) is 0 Å². The van der Waals surface area contributed by atoms with Crippen LogP contribution >= 0.6 is 11.3 Å². The maximum Gasteiger partial charge on any atom is 0.307 e. The van der Waals surface area contributed by atoms with E-state index in [-0.39, 0.29) is 17.9 Å². The SMILES string of the molecule is Cc1nc(-c2ccccc2)sc1[C@H](C)N(C)C(=O)[C@H]1C[C@@H]1C(=O)O. The number of thiazole rings is 1. The van der Waals surface area contributed by atoms with Crippen molar-refractivity contribution in [3.63, 3.8) is 0 Å². The number of aliphatic carboxylic acids is 1. The van der Waals surface area contributed by atoms with E-state index in [4.69, 9.17) is 5.11 Å². The van der Waals surface area contributed by atoms with Gasteiger partial charge in [0.15, 0.2) is 0 Å². The van der Waals surface area contributed by atoms with E-state index in [2.05, 4.69) is 4.98 Å². The number of hydrogen-bond donors (Lipinski definition) is 1. The van der Waals surface area contributed by atoms with Crippen LogP contribution in [0.5, 0.6) is 0 Å². The van der Waals surface area contributed by atoms with Crippen molar-refractivity contribution in [2.24, 2.45) is 11.8 Å². The molecule has 24 heavy (non-hydrogen) atoms. The van der Waals surface area contributed by atoms with Gasteiger partial charge < -0.3 is 10.0 Å². The molecule has 3 rings (SSSR count). The highest BCUT2D eigenvalue weighted by molar-refractivity contribution is 7.15. The Bertz CT molecular complexity index is 772. The average molecular weight is 344 g/mol. The van der Waals surface area contributed by atoms with E-state index in [0.717, 1.165) is 21.1 Å². The van der Waals surface area contributed by atoms with E-state index in [0.29, 0.717) is 6.42 Å². The summed E-state index contributed by atoms with van der Waals surface area (Å²) in [5, 5.41) is 9.94. The third kappa shape index (κ3) is 3.06. The van der Waals surface area contributed by atoms with E-state index in [9.17, 15) is 9.59 Å². The second-order valence-corrected chi connectivity index (χ2v) is 7.28. The van der Waals surface area contributed by atoms with Crippen LogP contribution in [0.25, 0.3) is 10.6 Å². The predicted molar refractivity (Wildman–Crippen MR) is 92.7 cm³/mol. The smallest absolute Gasteiger partial charge is 0.307 e. The zero-order chi connectivity index (χ0) is 17.4. The number of carboxylic acids is 1. The summed E-state index contributed by atoms with van der Waals surface area (Å²) in [5.41, 5.74) is 1.97. The zero-order valence-electron chi connectivity index (χ0n) is 13.9. The van der Waals surface area contributed by atoms with Gasteiger partial charge in [0, 0.05) is 12.6 Å². The summed E-state index contributed by atoms with van der Waals surface area (Å²) in [5.74, 6) is -1.87. The Kier molecular flexibility index (Phi) is 4.41. The molecule has 1 N–H and O–H groups in total. The lowest BCUT2D eigenvalue weighted by Gasteiger charge is -2.24. The summed E-state index contributed by atoms with van der Waals surface area (Å²) in [6, 6.07) is 9.83. The quantitative estimate of drug-likeness (QED) is 0.903. The Morgan fingerprint density at radius 2 is 1.96 bits per heavy atom. The maximum atomic E-state index is 12.5. The van der Waals surface area contributed by atoms with Crippen LogP contribution in [0.1, 0.15) is 30.0 Å². The molecule has 1 fully saturated rings. The summed E-state index contributed by atoms with van der Waals surface area (Å²) >= 11 is 1.58. The lowest BCUT2D eigenvalue weighted by molar-refractivity contribution is -0.142. The van der Waals surface area contributed by atoms with Crippen molar-refractivity contribution in [3.8, 4) is 10.6 Å². The highest BCUT2D eigenvalue weighted by atomic mass is 32.1. The number of hydrogen-bond acceptors (Lipinski definition) is 4. The second-order valence-electron chi connectivity index (χ2n) is 6.25. The van der Waals surface area contributed by atoms with E-state index >= 15 is 0 Å². The van der Waals surface area contributed by atoms with E-state index in [1.807, 2.05) is 44.2 Å². The van der Waals surface area contributed by atoms with Gasteiger partial charge in [0.05, 0.1) is 28.4 Å². The van der Waals surface area contributed by atoms with E-state index in [1.54, 1.807) is 23.3 Å². The van der Waals surface area contributed by atoms with Gasteiger partial charge in [-0.25, -0.2) is 4.98 Å². The molecule has 1 aromatic heterocycles. The van der Waals surface area contributed by atoms with Gasteiger partial charge in [0.25, 0.3) is 0 Å². The molecule has 1 aromatic carbocycles. The van der Waals surface area contributed by atoms with Crippen LogP contribution < -0.4 is 0 Å². The normalized spacial score (nSPS) is 20.5. The molecule has 0 bridgehead atoms. The highest BCUT2D eigenvalue weighted by Crippen LogP contribution is 2.42. The van der Waals surface area contributed by atoms with Crippen LogP contribution in [-0.4, -0.2) is 33.9 Å². The molecular weight excluding hydrogens is 324 g/mol. The Hall–Kier alpha value is -2.21. The summed E-state index contributed by atoms with van der Waals surface area (Å²) in [6.07, 6.45) is 0.447. The first kappa shape index (κ1) is 16.6. The molecule has 0 spiro atoms. The van der Waals surface area contributed by atoms with Crippen molar-refractivity contribution in [1.82, 2.24) is 9.88 Å². The minimum atomic E-state index is -0.880. The Balaban J connectivity index is 1.78. The fraction of sp³-hybridized carbons (Fsp3) is 0.389. The number of aryl methyl sites for hydroxylation is 1. The van der Waals surface area contributed by atoms with Crippen LogP contribution in [0.4, 0.5) is 0 Å². The number of aromatic nitrogens is 1. The maximum absolute atomic E-state index is 12.5. The molecule has 6 heteroatoms. The number of amides is 1. The van der Waals surface area contributed by atoms with E-state index in [1.165, 1.54) is 0 Å². The molecule has 0 radical (unpaired) electrons. The van der Waals surface area contributed by atoms with Gasteiger partial charge in [-0.15, -0.1) is 11.3 Å². The lowest BCUT2D eigenvalue weighted by atomic mass is 10.2. The summed E-state index contributed by atoms with van der Waals surface area (Å²) < 4.78 is 0. The summed E-state index contributed by atoms with van der Waals surface area (Å²) in [7, 11) is 1.74. The molecule has 1 aliphatic rings. The molecule has 1 saturated carbocycles. The van der Waals surface area contributed by atoms with Crippen LogP contribution in [0.15, 0.2) is 30.3 Å². The van der Waals surface area contributed by atoms with Crippen LogP contribution in [-0.2, 0) is 9.59 Å². The third-order valence-corrected chi connectivity index (χ3v) is 5.96. The Labute approximate surface area is 145 Å². The fourth-order valence-electron chi connectivity index (χ4n) is 2.87. The lowest BCUT2D eigenvalue weighted by Crippen LogP contribution is -2.31. The van der Waals surface area contributed by atoms with Crippen molar-refractivity contribution in [1.29, 1.82) is 0 Å². The van der Waals surface area contributed by atoms with Crippen LogP contribution in [0, 0.1) is 18.8 Å². The molecule has 5 nitrogen and oxygen atoms in total. The van der Waals surface area contributed by atoms with Crippen molar-refractivity contribution in [2.75, 3.05) is 7.05 Å². The number of carbonyl (C=O) groups excluding carboxylic acids is 1. The van der Waals surface area contributed by atoms with E-state index < -0.39 is 11.9 Å². The average Bonchev–Trinajstić information content (AvgIpc) is 3.30. The number of carboxylic acid groups (broad SMARTS) is 1. The molecule has 0 unspecified atom stereocenters. The van der Waals surface area contributed by atoms with Crippen molar-refractivity contribution in [2.45, 2.75) is 26.3 Å². The minimum absolute atomic E-state index is 0.0936. The number of benzene rings is 1. The summed E-state index contributed by atoms with van der Waals surface area (Å²) in [6.45, 7) is 3.91. The number of rotatable bonds is 5. The number of carbonyl (C=O) groups is 2. The van der Waals surface area contributed by atoms with Crippen molar-refractivity contribution < 1.29 is 14.7 Å². The molecule has 1 heterocycles. The predicted octanol–water partition coefficient (Wildman–Crippen LogP) is 3.36. The molecule has 0 aliphatic heterocycles. The molecular formula is C18H20N2O3S. The van der Waals surface area contributed by atoms with Gasteiger partial charge >= 0.3 is 5.97 Å². The van der Waals surface area contributed by atoms with Gasteiger partial charge in [-0.05, 0) is 20.3 Å². The Morgan fingerprint density at radius 3 is 2.54 bits per heavy atom. The van der Waals surface area contributed by atoms with Gasteiger partial charge in [0.1, 0.15) is 5.01 Å². The van der Waals surface area contributed by atoms with Crippen LogP contribution in [0.2, 0.25) is 0 Å². The third-order valence-electron chi connectivity index (χ3n) is 4.59. The second kappa shape index (κ2) is 6.36. The summed E-state index contributed by atoms with van der Waals surface area (Å²) in [4.78, 5) is 30.8. The molecule has 2 aromatic rings. The standard InChI is InChI=1S/C18H20N2O3S/c1-10-15(24-16(19-10)12-7-5-4-6-8-12)11(2)20(3)17(21)13-9-14(13)18(22)23/h4-8,11,13-14H,9H2,1-3H3,(H,22,23)/t11-,13-,14-/m0/s1. The molecule has 0 saturated heterocycles. The molecule has 3 atom stereocenters. The minimum Gasteiger partial charge on any atom is -0.481 e. The van der Waals surface area contributed by atoms with Crippen molar-refractivity contribution >= 4 is 23.2 Å². The molecule has 1 aliphatic carbocycles. The van der Waals surface area contributed by atoms with Gasteiger partial charge in [0.2, 0.25) is 5.91 Å². The largest absolute Gasteiger partial charge is 0.481 e. The van der Waals surface area contributed by atoms with Gasteiger partial charge in [-0.2, -0.15) is 0 Å². The first-order chi connectivity index (χ1) is 11.4. The number of nitrogens with zero attached hydrogens (tertiary/aromatic N) is 2. The fourth-order valence-corrected chi connectivity index (χ4v) is 4.04. The Morgan fingerprint density at radius 1 is 1.29 bits per heavy atom. The van der Waals surface area contributed by atoms with Gasteiger partial charge in [-0.1, -0.05) is 30.3 Å².